The minimum atomic E-state index is -0.357. The molecule has 0 bridgehead atoms. The van der Waals surface area contributed by atoms with E-state index in [1.807, 2.05) is 0 Å². The fourth-order valence-corrected chi connectivity index (χ4v) is 0.522. The third-order valence-corrected chi connectivity index (χ3v) is 1.08. The lowest BCUT2D eigenvalue weighted by atomic mass is 10.1. The Balaban J connectivity index is 3.51. The summed E-state index contributed by atoms with van der Waals surface area (Å²) in [4.78, 5) is 20.8. The highest BCUT2D eigenvalue weighted by Gasteiger charge is 2.07. The topological polar surface area (TPSA) is 43.4 Å². The zero-order valence-electron chi connectivity index (χ0n) is 6.58. The van der Waals surface area contributed by atoms with Crippen molar-refractivity contribution in [3.8, 4) is 0 Å². The minimum Gasteiger partial charge on any atom is -0.461 e. The Kier molecular flexibility index (Phi) is 5.07. The van der Waals surface area contributed by atoms with E-state index < -0.39 is 0 Å². The highest BCUT2D eigenvalue weighted by molar-refractivity contribution is 5.73. The molecule has 0 aromatic carbocycles. The third-order valence-electron chi connectivity index (χ3n) is 1.08. The molecule has 0 aromatic rings. The van der Waals surface area contributed by atoms with Crippen molar-refractivity contribution in [2.75, 3.05) is 6.61 Å². The Morgan fingerprint density at radius 1 is 1.73 bits per heavy atom. The van der Waals surface area contributed by atoms with Crippen LogP contribution >= 0.6 is 0 Å². The summed E-state index contributed by atoms with van der Waals surface area (Å²) in [5, 5.41) is 0. The van der Waals surface area contributed by atoms with Gasteiger partial charge in [0.2, 0.25) is 0 Å². The number of aldehydes is 1. The van der Waals surface area contributed by atoms with Gasteiger partial charge >= 0.3 is 5.97 Å². The smallest absolute Gasteiger partial charge is 0.306 e. The monoisotopic (exact) mass is 156 g/mol. The van der Waals surface area contributed by atoms with Crippen LogP contribution in [0, 0.1) is 5.92 Å². The van der Waals surface area contributed by atoms with E-state index in [1.54, 1.807) is 6.92 Å². The van der Waals surface area contributed by atoms with Gasteiger partial charge in [0, 0.05) is 5.92 Å². The highest BCUT2D eigenvalue weighted by atomic mass is 16.5. The Morgan fingerprint density at radius 3 is 2.82 bits per heavy atom. The van der Waals surface area contributed by atoms with E-state index in [-0.39, 0.29) is 24.9 Å². The fourth-order valence-electron chi connectivity index (χ4n) is 0.522. The first-order valence-electron chi connectivity index (χ1n) is 3.42. The molecule has 1 unspecified atom stereocenters. The molecule has 0 radical (unpaired) electrons. The highest BCUT2D eigenvalue weighted by Crippen LogP contribution is 1.98. The van der Waals surface area contributed by atoms with E-state index in [1.165, 1.54) is 6.08 Å². The van der Waals surface area contributed by atoms with Gasteiger partial charge in [-0.3, -0.25) is 4.79 Å². The molecule has 0 saturated heterocycles. The quantitative estimate of drug-likeness (QED) is 0.338. The second-order valence-electron chi connectivity index (χ2n) is 2.29. The van der Waals surface area contributed by atoms with E-state index in [0.29, 0.717) is 0 Å². The average molecular weight is 156 g/mol. The number of hydrogen-bond acceptors (Lipinski definition) is 3. The van der Waals surface area contributed by atoms with Gasteiger partial charge in [0.25, 0.3) is 0 Å². The van der Waals surface area contributed by atoms with Crippen LogP contribution in [0.1, 0.15) is 13.3 Å². The molecule has 3 nitrogen and oxygen atoms in total. The Labute approximate surface area is 66.0 Å². The van der Waals surface area contributed by atoms with Crippen molar-refractivity contribution in [2.24, 2.45) is 5.92 Å². The molecule has 0 N–H and O–H groups in total. The van der Waals surface area contributed by atoms with Gasteiger partial charge < -0.3 is 9.53 Å². The van der Waals surface area contributed by atoms with Gasteiger partial charge in [-0.1, -0.05) is 19.6 Å². The number of ether oxygens (including phenoxy) is 1. The molecule has 0 aliphatic carbocycles. The van der Waals surface area contributed by atoms with Crippen LogP contribution in [-0.2, 0) is 14.3 Å². The second-order valence-corrected chi connectivity index (χ2v) is 2.29. The van der Waals surface area contributed by atoms with Crippen LogP contribution in [0.15, 0.2) is 12.7 Å². The van der Waals surface area contributed by atoms with Crippen molar-refractivity contribution in [1.82, 2.24) is 0 Å². The van der Waals surface area contributed by atoms with Crippen LogP contribution in [0.3, 0.4) is 0 Å². The number of rotatable bonds is 5. The summed E-state index contributed by atoms with van der Waals surface area (Å²) in [5.74, 6) is -0.614. The van der Waals surface area contributed by atoms with Crippen molar-refractivity contribution < 1.29 is 14.3 Å². The Bertz CT molecular complexity index is 151. The zero-order valence-corrected chi connectivity index (χ0v) is 6.58. The van der Waals surface area contributed by atoms with E-state index in [2.05, 4.69) is 11.3 Å². The molecule has 0 aromatic heterocycles. The molecular weight excluding hydrogens is 144 g/mol. The van der Waals surface area contributed by atoms with Crippen molar-refractivity contribution in [2.45, 2.75) is 13.3 Å². The standard InChI is InChI=1S/C8H12O3/c1-3-4-11-8(10)5-7(2)6-9/h3,6-7H,1,4-5H2,2H3. The van der Waals surface area contributed by atoms with Crippen LogP contribution in [0.2, 0.25) is 0 Å². The first-order valence-corrected chi connectivity index (χ1v) is 3.42. The molecule has 0 rings (SSSR count). The van der Waals surface area contributed by atoms with E-state index >= 15 is 0 Å². The molecule has 0 heterocycles. The first kappa shape index (κ1) is 9.88. The maximum absolute atomic E-state index is 10.7. The van der Waals surface area contributed by atoms with Gasteiger partial charge in [0.05, 0.1) is 6.42 Å². The van der Waals surface area contributed by atoms with Gasteiger partial charge in [0.15, 0.2) is 0 Å². The molecule has 0 fully saturated rings. The Morgan fingerprint density at radius 2 is 2.36 bits per heavy atom. The van der Waals surface area contributed by atoms with Gasteiger partial charge in [-0.25, -0.2) is 0 Å². The van der Waals surface area contributed by atoms with E-state index in [9.17, 15) is 9.59 Å². The molecule has 1 atom stereocenters. The number of carbonyl (C=O) groups is 2. The normalized spacial score (nSPS) is 11.7. The number of esters is 1. The van der Waals surface area contributed by atoms with Gasteiger partial charge in [-0.2, -0.15) is 0 Å². The summed E-state index contributed by atoms with van der Waals surface area (Å²) < 4.78 is 4.65. The Hall–Kier alpha value is -1.12. The molecule has 11 heavy (non-hydrogen) atoms. The van der Waals surface area contributed by atoms with Crippen LogP contribution in [-0.4, -0.2) is 18.9 Å². The molecule has 0 amide bonds. The first-order chi connectivity index (χ1) is 5.20. The van der Waals surface area contributed by atoms with Crippen molar-refractivity contribution >= 4 is 12.3 Å². The molecule has 62 valence electrons. The zero-order chi connectivity index (χ0) is 8.69. The third kappa shape index (κ3) is 5.33. The molecule has 3 heteroatoms. The van der Waals surface area contributed by atoms with Crippen LogP contribution in [0.5, 0.6) is 0 Å². The van der Waals surface area contributed by atoms with Gasteiger partial charge in [-0.15, -0.1) is 0 Å². The summed E-state index contributed by atoms with van der Waals surface area (Å²) in [6.45, 7) is 5.27. The predicted octanol–water partition coefficient (Wildman–Crippen LogP) is 0.941. The lowest BCUT2D eigenvalue weighted by Gasteiger charge is -2.02. The van der Waals surface area contributed by atoms with Crippen molar-refractivity contribution in [3.63, 3.8) is 0 Å². The van der Waals surface area contributed by atoms with Crippen LogP contribution in [0.25, 0.3) is 0 Å². The lowest BCUT2D eigenvalue weighted by molar-refractivity contribution is -0.144. The summed E-state index contributed by atoms with van der Waals surface area (Å²) in [5.41, 5.74) is 0. The summed E-state index contributed by atoms with van der Waals surface area (Å²) >= 11 is 0. The lowest BCUT2D eigenvalue weighted by Crippen LogP contribution is -2.10. The molecule has 0 saturated carbocycles. The molecule has 0 aliphatic heterocycles. The SMILES string of the molecule is C=CCOC(=O)CC(C)C=O. The predicted molar refractivity (Wildman–Crippen MR) is 41.0 cm³/mol. The van der Waals surface area contributed by atoms with Crippen molar-refractivity contribution in [3.05, 3.63) is 12.7 Å². The van der Waals surface area contributed by atoms with E-state index in [4.69, 9.17) is 0 Å². The van der Waals surface area contributed by atoms with Crippen LogP contribution < -0.4 is 0 Å². The van der Waals surface area contributed by atoms with Gasteiger partial charge in [0.1, 0.15) is 12.9 Å². The molecule has 0 aliphatic rings. The fraction of sp³-hybridized carbons (Fsp3) is 0.500. The molecule has 0 spiro atoms. The number of hydrogen-bond donors (Lipinski definition) is 0. The van der Waals surface area contributed by atoms with E-state index in [0.717, 1.165) is 6.29 Å². The van der Waals surface area contributed by atoms with Crippen LogP contribution in [0.4, 0.5) is 0 Å². The summed E-state index contributed by atoms with van der Waals surface area (Å²) in [6.07, 6.45) is 2.37. The maximum Gasteiger partial charge on any atom is 0.306 e. The van der Waals surface area contributed by atoms with Crippen molar-refractivity contribution in [1.29, 1.82) is 0 Å². The van der Waals surface area contributed by atoms with Gasteiger partial charge in [-0.05, 0) is 0 Å². The largest absolute Gasteiger partial charge is 0.461 e. The second kappa shape index (κ2) is 5.65. The average Bonchev–Trinajstić information content (AvgIpc) is 2.00. The maximum atomic E-state index is 10.7. The number of carbonyl (C=O) groups excluding carboxylic acids is 2. The summed E-state index contributed by atoms with van der Waals surface area (Å²) in [7, 11) is 0. The summed E-state index contributed by atoms with van der Waals surface area (Å²) in [6, 6.07) is 0. The molecular formula is C8H12O3. The minimum absolute atomic E-state index is 0.150.